The molecule has 0 heterocycles. The summed E-state index contributed by atoms with van der Waals surface area (Å²) in [7, 11) is 3.19. The molecule has 18 heavy (non-hydrogen) atoms. The maximum absolute atomic E-state index is 11.1. The summed E-state index contributed by atoms with van der Waals surface area (Å²) in [5, 5.41) is 9.10. The minimum absolute atomic E-state index is 0.383. The minimum atomic E-state index is -0.770. The lowest BCUT2D eigenvalue weighted by molar-refractivity contribution is -0.141. The van der Waals surface area contributed by atoms with E-state index in [4.69, 9.17) is 14.6 Å². The van der Waals surface area contributed by atoms with Crippen LogP contribution in [0.4, 0.5) is 0 Å². The lowest BCUT2D eigenvalue weighted by Crippen LogP contribution is -2.16. The molecule has 0 saturated carbocycles. The van der Waals surface area contributed by atoms with Crippen molar-refractivity contribution >= 4 is 5.97 Å². The van der Waals surface area contributed by atoms with Crippen molar-refractivity contribution in [2.75, 3.05) is 14.2 Å². The SMILES string of the molecule is CCC(Cc1ccc(OC)c(C)c1OC)C(=O)O. The average molecular weight is 252 g/mol. The number of benzene rings is 1. The van der Waals surface area contributed by atoms with Crippen molar-refractivity contribution in [2.45, 2.75) is 26.7 Å². The Balaban J connectivity index is 3.09. The second-order valence-electron chi connectivity index (χ2n) is 4.23. The van der Waals surface area contributed by atoms with Gasteiger partial charge < -0.3 is 14.6 Å². The second-order valence-corrected chi connectivity index (χ2v) is 4.23. The number of methoxy groups -OCH3 is 2. The Morgan fingerprint density at radius 3 is 2.44 bits per heavy atom. The highest BCUT2D eigenvalue weighted by molar-refractivity contribution is 5.70. The molecule has 1 aromatic carbocycles. The molecule has 0 aliphatic carbocycles. The zero-order valence-corrected chi connectivity index (χ0v) is 11.3. The van der Waals surface area contributed by atoms with Crippen LogP contribution in [0.5, 0.6) is 11.5 Å². The van der Waals surface area contributed by atoms with Gasteiger partial charge in [-0.05, 0) is 31.4 Å². The summed E-state index contributed by atoms with van der Waals surface area (Å²) in [6.45, 7) is 3.78. The molecule has 1 aromatic rings. The molecule has 0 fully saturated rings. The second kappa shape index (κ2) is 6.28. The van der Waals surface area contributed by atoms with Crippen LogP contribution in [-0.4, -0.2) is 25.3 Å². The number of carboxylic acid groups (broad SMARTS) is 1. The molecule has 0 radical (unpaired) electrons. The summed E-state index contributed by atoms with van der Waals surface area (Å²) in [6, 6.07) is 3.72. The van der Waals surface area contributed by atoms with Crippen LogP contribution in [0.25, 0.3) is 0 Å². The molecule has 0 bridgehead atoms. The highest BCUT2D eigenvalue weighted by Crippen LogP contribution is 2.33. The molecule has 0 saturated heterocycles. The van der Waals surface area contributed by atoms with Crippen LogP contribution in [0.3, 0.4) is 0 Å². The number of hydrogen-bond donors (Lipinski definition) is 1. The molecule has 0 aromatic heterocycles. The Labute approximate surface area is 108 Å². The van der Waals surface area contributed by atoms with E-state index in [9.17, 15) is 4.79 Å². The molecular weight excluding hydrogens is 232 g/mol. The van der Waals surface area contributed by atoms with E-state index in [-0.39, 0.29) is 5.92 Å². The molecule has 4 nitrogen and oxygen atoms in total. The first-order valence-corrected chi connectivity index (χ1v) is 5.98. The normalized spacial score (nSPS) is 12.0. The van der Waals surface area contributed by atoms with Crippen molar-refractivity contribution in [3.8, 4) is 11.5 Å². The van der Waals surface area contributed by atoms with E-state index >= 15 is 0 Å². The van der Waals surface area contributed by atoms with E-state index in [1.807, 2.05) is 26.0 Å². The molecule has 1 unspecified atom stereocenters. The van der Waals surface area contributed by atoms with Crippen molar-refractivity contribution in [2.24, 2.45) is 5.92 Å². The van der Waals surface area contributed by atoms with Crippen molar-refractivity contribution in [3.63, 3.8) is 0 Å². The van der Waals surface area contributed by atoms with E-state index in [1.54, 1.807) is 14.2 Å². The topological polar surface area (TPSA) is 55.8 Å². The number of hydrogen-bond acceptors (Lipinski definition) is 3. The molecule has 0 amide bonds. The first kappa shape index (κ1) is 14.4. The molecule has 4 heteroatoms. The fraction of sp³-hybridized carbons (Fsp3) is 0.500. The number of aliphatic carboxylic acids is 1. The van der Waals surface area contributed by atoms with Gasteiger partial charge in [0, 0.05) is 5.56 Å². The Morgan fingerprint density at radius 2 is 2.00 bits per heavy atom. The van der Waals surface area contributed by atoms with E-state index in [1.165, 1.54) is 0 Å². The van der Waals surface area contributed by atoms with E-state index in [0.29, 0.717) is 18.6 Å². The lowest BCUT2D eigenvalue weighted by Gasteiger charge is -2.16. The van der Waals surface area contributed by atoms with Gasteiger partial charge in [-0.1, -0.05) is 13.0 Å². The van der Waals surface area contributed by atoms with E-state index in [0.717, 1.165) is 16.9 Å². The molecular formula is C14H20O4. The van der Waals surface area contributed by atoms with Crippen LogP contribution in [0.2, 0.25) is 0 Å². The fourth-order valence-electron chi connectivity index (χ4n) is 2.07. The van der Waals surface area contributed by atoms with Gasteiger partial charge in [-0.15, -0.1) is 0 Å². The quantitative estimate of drug-likeness (QED) is 0.845. The standard InChI is InChI=1S/C14H20O4/c1-5-10(14(15)16)8-11-6-7-12(17-3)9(2)13(11)18-4/h6-7,10H,5,8H2,1-4H3,(H,15,16). The smallest absolute Gasteiger partial charge is 0.306 e. The van der Waals surface area contributed by atoms with Crippen LogP contribution in [-0.2, 0) is 11.2 Å². The largest absolute Gasteiger partial charge is 0.496 e. The van der Waals surface area contributed by atoms with Crippen LogP contribution in [0.15, 0.2) is 12.1 Å². The van der Waals surface area contributed by atoms with Gasteiger partial charge in [-0.25, -0.2) is 0 Å². The van der Waals surface area contributed by atoms with Crippen molar-refractivity contribution in [3.05, 3.63) is 23.3 Å². The predicted octanol–water partition coefficient (Wildman–Crippen LogP) is 2.67. The van der Waals surface area contributed by atoms with Gasteiger partial charge in [0.25, 0.3) is 0 Å². The third-order valence-corrected chi connectivity index (χ3v) is 3.17. The summed E-state index contributed by atoms with van der Waals surface area (Å²) in [5.74, 6) is 0.313. The number of ether oxygens (including phenoxy) is 2. The van der Waals surface area contributed by atoms with Crippen LogP contribution in [0.1, 0.15) is 24.5 Å². The predicted molar refractivity (Wildman–Crippen MR) is 69.4 cm³/mol. The molecule has 1 atom stereocenters. The maximum Gasteiger partial charge on any atom is 0.306 e. The van der Waals surface area contributed by atoms with Crippen molar-refractivity contribution in [1.82, 2.24) is 0 Å². The fourth-order valence-corrected chi connectivity index (χ4v) is 2.07. The van der Waals surface area contributed by atoms with Crippen LogP contribution >= 0.6 is 0 Å². The lowest BCUT2D eigenvalue weighted by atomic mass is 9.95. The summed E-state index contributed by atoms with van der Waals surface area (Å²) >= 11 is 0. The Kier molecular flexibility index (Phi) is 5.01. The summed E-state index contributed by atoms with van der Waals surface area (Å²) < 4.78 is 10.6. The van der Waals surface area contributed by atoms with E-state index in [2.05, 4.69) is 0 Å². The summed E-state index contributed by atoms with van der Waals surface area (Å²) in [4.78, 5) is 11.1. The Hall–Kier alpha value is -1.71. The maximum atomic E-state index is 11.1. The van der Waals surface area contributed by atoms with E-state index < -0.39 is 5.97 Å². The Morgan fingerprint density at radius 1 is 1.33 bits per heavy atom. The van der Waals surface area contributed by atoms with Gasteiger partial charge in [0.15, 0.2) is 0 Å². The molecule has 0 aliphatic rings. The molecule has 0 spiro atoms. The third-order valence-electron chi connectivity index (χ3n) is 3.17. The highest BCUT2D eigenvalue weighted by atomic mass is 16.5. The van der Waals surface area contributed by atoms with Gasteiger partial charge in [-0.2, -0.15) is 0 Å². The summed E-state index contributed by atoms with van der Waals surface area (Å²) in [6.07, 6.45) is 1.07. The van der Waals surface area contributed by atoms with Crippen molar-refractivity contribution < 1.29 is 19.4 Å². The average Bonchev–Trinajstić information content (AvgIpc) is 2.35. The zero-order valence-electron chi connectivity index (χ0n) is 11.3. The highest BCUT2D eigenvalue weighted by Gasteiger charge is 2.19. The van der Waals surface area contributed by atoms with Crippen LogP contribution in [0, 0.1) is 12.8 Å². The van der Waals surface area contributed by atoms with Crippen molar-refractivity contribution in [1.29, 1.82) is 0 Å². The summed E-state index contributed by atoms with van der Waals surface area (Å²) in [5.41, 5.74) is 1.81. The van der Waals surface area contributed by atoms with Gasteiger partial charge in [-0.3, -0.25) is 4.79 Å². The van der Waals surface area contributed by atoms with Crippen LogP contribution < -0.4 is 9.47 Å². The molecule has 100 valence electrons. The molecule has 0 aliphatic heterocycles. The molecule has 1 N–H and O–H groups in total. The first-order chi connectivity index (χ1) is 8.54. The number of carboxylic acids is 1. The molecule has 1 rings (SSSR count). The minimum Gasteiger partial charge on any atom is -0.496 e. The first-order valence-electron chi connectivity index (χ1n) is 5.98. The number of rotatable bonds is 6. The third kappa shape index (κ3) is 2.94. The zero-order chi connectivity index (χ0) is 13.7. The number of carbonyl (C=O) groups is 1. The van der Waals surface area contributed by atoms with Gasteiger partial charge in [0.2, 0.25) is 0 Å². The van der Waals surface area contributed by atoms with Gasteiger partial charge in [0.1, 0.15) is 11.5 Å². The monoisotopic (exact) mass is 252 g/mol. The Bertz CT molecular complexity index is 426. The van der Waals surface area contributed by atoms with Gasteiger partial charge >= 0.3 is 5.97 Å². The van der Waals surface area contributed by atoms with Gasteiger partial charge in [0.05, 0.1) is 20.1 Å².